The smallest absolute Gasteiger partial charge is 0.244 e. The standard InChI is InChI=1S/C19H19N7OS/c1-11-4-6-13(7-5-11)17-22-23-19(28)26(17)10-16(27)21-14-8-15-12(2)24-25(3)18(15)20-9-14/h4-9H,10H2,1-3H3,(H,21,27)(H,23,28). The summed E-state index contributed by atoms with van der Waals surface area (Å²) < 4.78 is 3.79. The Bertz CT molecular complexity index is 1230. The summed E-state index contributed by atoms with van der Waals surface area (Å²) in [7, 11) is 1.84. The molecule has 0 aliphatic carbocycles. The lowest BCUT2D eigenvalue weighted by Crippen LogP contribution is -2.19. The molecule has 3 heterocycles. The van der Waals surface area contributed by atoms with Crippen molar-refractivity contribution in [1.29, 1.82) is 0 Å². The highest BCUT2D eigenvalue weighted by Gasteiger charge is 2.14. The molecule has 0 aliphatic heterocycles. The second-order valence-corrected chi connectivity index (χ2v) is 7.04. The predicted octanol–water partition coefficient (Wildman–Crippen LogP) is 3.14. The van der Waals surface area contributed by atoms with E-state index in [4.69, 9.17) is 12.2 Å². The Morgan fingerprint density at radius 2 is 2.00 bits per heavy atom. The number of aromatic nitrogens is 6. The monoisotopic (exact) mass is 393 g/mol. The zero-order valence-electron chi connectivity index (χ0n) is 15.7. The van der Waals surface area contributed by atoms with E-state index in [9.17, 15) is 4.79 Å². The Morgan fingerprint density at radius 1 is 1.25 bits per heavy atom. The van der Waals surface area contributed by atoms with Crippen molar-refractivity contribution in [3.05, 3.63) is 52.6 Å². The molecular formula is C19H19N7OS. The van der Waals surface area contributed by atoms with E-state index in [1.165, 1.54) is 0 Å². The van der Waals surface area contributed by atoms with Gasteiger partial charge in [0.2, 0.25) is 5.91 Å². The minimum atomic E-state index is -0.214. The molecule has 1 aromatic carbocycles. The first-order valence-corrected chi connectivity index (χ1v) is 9.14. The highest BCUT2D eigenvalue weighted by atomic mass is 32.1. The predicted molar refractivity (Wildman–Crippen MR) is 109 cm³/mol. The molecule has 3 aromatic heterocycles. The number of amides is 1. The van der Waals surface area contributed by atoms with Crippen LogP contribution in [0.2, 0.25) is 0 Å². The van der Waals surface area contributed by atoms with Gasteiger partial charge >= 0.3 is 0 Å². The van der Waals surface area contributed by atoms with E-state index in [2.05, 4.69) is 25.6 Å². The molecule has 0 aliphatic rings. The van der Waals surface area contributed by atoms with E-state index >= 15 is 0 Å². The van der Waals surface area contributed by atoms with Crippen LogP contribution in [0, 0.1) is 18.6 Å². The molecule has 0 unspecified atom stereocenters. The average molecular weight is 393 g/mol. The van der Waals surface area contributed by atoms with Crippen LogP contribution in [-0.2, 0) is 18.4 Å². The van der Waals surface area contributed by atoms with Gasteiger partial charge in [-0.3, -0.25) is 19.1 Å². The molecular weight excluding hydrogens is 374 g/mol. The van der Waals surface area contributed by atoms with Crippen molar-refractivity contribution < 1.29 is 4.79 Å². The maximum Gasteiger partial charge on any atom is 0.244 e. The molecule has 28 heavy (non-hydrogen) atoms. The van der Waals surface area contributed by atoms with E-state index in [1.54, 1.807) is 15.4 Å². The highest BCUT2D eigenvalue weighted by Crippen LogP contribution is 2.20. The Balaban J connectivity index is 1.58. The number of aryl methyl sites for hydroxylation is 3. The zero-order chi connectivity index (χ0) is 19.8. The van der Waals surface area contributed by atoms with Gasteiger partial charge in [-0.05, 0) is 32.1 Å². The summed E-state index contributed by atoms with van der Waals surface area (Å²) in [6.45, 7) is 3.97. The number of fused-ring (bicyclic) bond motifs is 1. The summed E-state index contributed by atoms with van der Waals surface area (Å²) >= 11 is 5.31. The number of benzene rings is 1. The number of anilines is 1. The van der Waals surface area contributed by atoms with Crippen molar-refractivity contribution in [3.63, 3.8) is 0 Å². The molecule has 1 amide bonds. The fourth-order valence-corrected chi connectivity index (χ4v) is 3.30. The SMILES string of the molecule is Cc1ccc(-c2n[nH]c(=S)n2CC(=O)Nc2cnc3c(c2)c(C)nn3C)cc1. The molecule has 4 aromatic rings. The number of carbonyl (C=O) groups is 1. The summed E-state index contributed by atoms with van der Waals surface area (Å²) in [4.78, 5) is 17.0. The maximum absolute atomic E-state index is 12.6. The van der Waals surface area contributed by atoms with Crippen molar-refractivity contribution in [3.8, 4) is 11.4 Å². The lowest BCUT2D eigenvalue weighted by molar-refractivity contribution is -0.116. The number of H-pyrrole nitrogens is 1. The van der Waals surface area contributed by atoms with Crippen molar-refractivity contribution in [2.45, 2.75) is 20.4 Å². The molecule has 0 saturated heterocycles. The topological polar surface area (TPSA) is 93.4 Å². The molecule has 0 bridgehead atoms. The van der Waals surface area contributed by atoms with E-state index in [-0.39, 0.29) is 12.5 Å². The van der Waals surface area contributed by atoms with Gasteiger partial charge in [0.05, 0.1) is 17.6 Å². The van der Waals surface area contributed by atoms with Gasteiger partial charge in [-0.15, -0.1) is 0 Å². The summed E-state index contributed by atoms with van der Waals surface area (Å²) in [5, 5.41) is 15.2. The first-order chi connectivity index (χ1) is 13.4. The Hall–Kier alpha value is -3.33. The average Bonchev–Trinajstić information content (AvgIpc) is 3.16. The summed E-state index contributed by atoms with van der Waals surface area (Å²) in [5.74, 6) is 0.408. The minimum Gasteiger partial charge on any atom is -0.323 e. The van der Waals surface area contributed by atoms with E-state index in [0.29, 0.717) is 16.3 Å². The van der Waals surface area contributed by atoms with Crippen LogP contribution in [0.3, 0.4) is 0 Å². The van der Waals surface area contributed by atoms with Crippen LogP contribution in [0.5, 0.6) is 0 Å². The summed E-state index contributed by atoms with van der Waals surface area (Å²) in [5.41, 5.74) is 4.28. The molecule has 8 nitrogen and oxygen atoms in total. The second-order valence-electron chi connectivity index (χ2n) is 6.66. The second kappa shape index (κ2) is 7.01. The van der Waals surface area contributed by atoms with Gasteiger partial charge in [-0.25, -0.2) is 4.98 Å². The number of aromatic amines is 1. The largest absolute Gasteiger partial charge is 0.323 e. The van der Waals surface area contributed by atoms with Gasteiger partial charge < -0.3 is 5.32 Å². The number of rotatable bonds is 4. The van der Waals surface area contributed by atoms with E-state index in [1.807, 2.05) is 51.2 Å². The molecule has 142 valence electrons. The van der Waals surface area contributed by atoms with Crippen LogP contribution >= 0.6 is 12.2 Å². The summed E-state index contributed by atoms with van der Waals surface area (Å²) in [6, 6.07) is 9.77. The van der Waals surface area contributed by atoms with Crippen molar-refractivity contribution in [1.82, 2.24) is 29.5 Å². The van der Waals surface area contributed by atoms with Crippen LogP contribution in [-0.4, -0.2) is 35.4 Å². The number of pyridine rings is 1. The van der Waals surface area contributed by atoms with E-state index < -0.39 is 0 Å². The highest BCUT2D eigenvalue weighted by molar-refractivity contribution is 7.71. The molecule has 0 radical (unpaired) electrons. The zero-order valence-corrected chi connectivity index (χ0v) is 16.5. The first kappa shape index (κ1) is 18.1. The third-order valence-electron chi connectivity index (χ3n) is 4.52. The number of nitrogens with zero attached hydrogens (tertiary/aromatic N) is 5. The minimum absolute atomic E-state index is 0.0442. The normalized spacial score (nSPS) is 11.1. The van der Waals surface area contributed by atoms with Crippen LogP contribution in [0.1, 0.15) is 11.3 Å². The van der Waals surface area contributed by atoms with Crippen molar-refractivity contribution >= 4 is 34.8 Å². The van der Waals surface area contributed by atoms with Gasteiger partial charge in [-0.1, -0.05) is 29.8 Å². The fraction of sp³-hybridized carbons (Fsp3) is 0.211. The first-order valence-electron chi connectivity index (χ1n) is 8.74. The lowest BCUT2D eigenvalue weighted by atomic mass is 10.1. The molecule has 0 spiro atoms. The molecule has 0 fully saturated rings. The van der Waals surface area contributed by atoms with Crippen LogP contribution in [0.25, 0.3) is 22.4 Å². The van der Waals surface area contributed by atoms with Gasteiger partial charge in [-0.2, -0.15) is 10.2 Å². The number of carbonyl (C=O) groups excluding carboxylic acids is 1. The Labute approximate surface area is 166 Å². The fourth-order valence-electron chi connectivity index (χ4n) is 3.11. The maximum atomic E-state index is 12.6. The van der Waals surface area contributed by atoms with Gasteiger partial charge in [0, 0.05) is 18.0 Å². The van der Waals surface area contributed by atoms with Gasteiger partial charge in [0.15, 0.2) is 16.2 Å². The van der Waals surface area contributed by atoms with Gasteiger partial charge in [0.1, 0.15) is 6.54 Å². The molecule has 0 saturated carbocycles. The molecule has 2 N–H and O–H groups in total. The molecule has 0 atom stereocenters. The quantitative estimate of drug-likeness (QED) is 0.520. The summed E-state index contributed by atoms with van der Waals surface area (Å²) in [6.07, 6.45) is 1.62. The van der Waals surface area contributed by atoms with Crippen molar-refractivity contribution in [2.75, 3.05) is 5.32 Å². The molecule has 9 heteroatoms. The number of nitrogens with one attached hydrogen (secondary N) is 2. The van der Waals surface area contributed by atoms with Gasteiger partial charge in [0.25, 0.3) is 0 Å². The third-order valence-corrected chi connectivity index (χ3v) is 4.83. The Kier molecular flexibility index (Phi) is 4.52. The Morgan fingerprint density at radius 3 is 2.75 bits per heavy atom. The number of hydrogen-bond donors (Lipinski definition) is 2. The number of hydrogen-bond acceptors (Lipinski definition) is 5. The van der Waals surface area contributed by atoms with Crippen LogP contribution in [0.4, 0.5) is 5.69 Å². The molecule has 4 rings (SSSR count). The van der Waals surface area contributed by atoms with Crippen LogP contribution < -0.4 is 5.32 Å². The lowest BCUT2D eigenvalue weighted by Gasteiger charge is -2.08. The van der Waals surface area contributed by atoms with Crippen LogP contribution in [0.15, 0.2) is 36.5 Å². The van der Waals surface area contributed by atoms with Crippen molar-refractivity contribution in [2.24, 2.45) is 7.05 Å². The van der Waals surface area contributed by atoms with E-state index in [0.717, 1.165) is 27.9 Å². The third kappa shape index (κ3) is 3.31.